The van der Waals surface area contributed by atoms with E-state index in [0.717, 1.165) is 32.0 Å². The Bertz CT molecular complexity index is 845. The largest absolute Gasteiger partial charge is 0.454 e. The van der Waals surface area contributed by atoms with Crippen LogP contribution >= 0.6 is 11.6 Å². The van der Waals surface area contributed by atoms with Crippen LogP contribution in [0.15, 0.2) is 29.2 Å². The first kappa shape index (κ1) is 16.6. The van der Waals surface area contributed by atoms with E-state index < -0.39 is 0 Å². The number of aromatic nitrogens is 2. The third-order valence-electron chi connectivity index (χ3n) is 5.38. The van der Waals surface area contributed by atoms with Gasteiger partial charge in [-0.25, -0.2) is 4.68 Å². The molecule has 1 aromatic carbocycles. The lowest BCUT2D eigenvalue weighted by Gasteiger charge is -2.36. The molecule has 1 saturated carbocycles. The molecule has 0 spiro atoms. The van der Waals surface area contributed by atoms with E-state index in [1.54, 1.807) is 7.05 Å². The van der Waals surface area contributed by atoms with Crippen LogP contribution in [-0.4, -0.2) is 33.8 Å². The molecule has 1 aliphatic carbocycles. The molecule has 0 atom stereocenters. The summed E-state index contributed by atoms with van der Waals surface area (Å²) in [5.41, 5.74) is 2.36. The lowest BCUT2D eigenvalue weighted by Crippen LogP contribution is -2.41. The first-order valence-corrected chi connectivity index (χ1v) is 9.25. The zero-order chi connectivity index (χ0) is 17.4. The van der Waals surface area contributed by atoms with Crippen LogP contribution in [0.5, 0.6) is 11.5 Å². The first-order valence-electron chi connectivity index (χ1n) is 8.87. The molecule has 2 aliphatic rings. The highest BCUT2D eigenvalue weighted by Gasteiger charge is 2.26. The number of benzene rings is 1. The highest BCUT2D eigenvalue weighted by Crippen LogP contribution is 2.31. The van der Waals surface area contributed by atoms with Gasteiger partial charge >= 0.3 is 0 Å². The fourth-order valence-electron chi connectivity index (χ4n) is 3.59. The predicted octanol–water partition coefficient (Wildman–Crippen LogP) is 3.18. The van der Waals surface area contributed by atoms with E-state index in [9.17, 15) is 4.79 Å². The van der Waals surface area contributed by atoms with Crippen LogP contribution in [0.2, 0.25) is 5.02 Å². The Hall–Kier alpha value is -1.85. The fourth-order valence-corrected chi connectivity index (χ4v) is 3.80. The molecular weight excluding hydrogens is 338 g/mol. The van der Waals surface area contributed by atoms with Gasteiger partial charge in [0.05, 0.1) is 6.20 Å². The molecule has 1 aromatic heterocycles. The maximum Gasteiger partial charge on any atom is 0.289 e. The van der Waals surface area contributed by atoms with Gasteiger partial charge < -0.3 is 4.74 Å². The van der Waals surface area contributed by atoms with Crippen LogP contribution in [0.25, 0.3) is 0 Å². The topological polar surface area (TPSA) is 47.4 Å². The van der Waals surface area contributed by atoms with Crippen LogP contribution < -0.4 is 10.3 Å². The molecule has 2 heterocycles. The molecule has 0 amide bonds. The van der Waals surface area contributed by atoms with Crippen LogP contribution in [0.3, 0.4) is 0 Å². The van der Waals surface area contributed by atoms with Gasteiger partial charge in [0.25, 0.3) is 5.56 Å². The smallest absolute Gasteiger partial charge is 0.289 e. The summed E-state index contributed by atoms with van der Waals surface area (Å²) >= 11 is 6.09. The van der Waals surface area contributed by atoms with E-state index in [-0.39, 0.29) is 10.6 Å². The second kappa shape index (κ2) is 6.81. The average Bonchev–Trinajstić information content (AvgIpc) is 2.77. The van der Waals surface area contributed by atoms with Gasteiger partial charge in [-0.05, 0) is 48.9 Å². The quantitative estimate of drug-likeness (QED) is 0.844. The van der Waals surface area contributed by atoms with E-state index >= 15 is 0 Å². The lowest BCUT2D eigenvalue weighted by molar-refractivity contribution is 0.133. The number of nitrogens with zero attached hydrogens (tertiary/aromatic N) is 3. The van der Waals surface area contributed by atoms with Crippen molar-refractivity contribution in [3.05, 3.63) is 50.9 Å². The van der Waals surface area contributed by atoms with E-state index in [1.807, 2.05) is 6.07 Å². The zero-order valence-electron chi connectivity index (χ0n) is 14.4. The van der Waals surface area contributed by atoms with Crippen molar-refractivity contribution in [2.75, 3.05) is 13.1 Å². The van der Waals surface area contributed by atoms with Gasteiger partial charge in [-0.3, -0.25) is 9.69 Å². The van der Waals surface area contributed by atoms with Crippen molar-refractivity contribution in [3.63, 3.8) is 0 Å². The number of ether oxygens (including phenoxy) is 1. The second-order valence-electron chi connectivity index (χ2n) is 6.90. The molecule has 1 fully saturated rings. The number of fused-ring (bicyclic) bond motifs is 1. The minimum absolute atomic E-state index is 0.0589. The normalized spacial score (nSPS) is 18.3. The standard InChI is InChI=1S/C19H22ClN3O2/c1-22-19(24)18(20)17(12-21-22)25-16-6-5-13-7-9-23(15-3-2-4-15)10-8-14(13)11-16/h5-6,11-12,15H,2-4,7-10H2,1H3. The Morgan fingerprint density at radius 3 is 2.68 bits per heavy atom. The Morgan fingerprint density at radius 1 is 1.20 bits per heavy atom. The third-order valence-corrected chi connectivity index (χ3v) is 5.73. The second-order valence-corrected chi connectivity index (χ2v) is 7.28. The summed E-state index contributed by atoms with van der Waals surface area (Å²) in [6, 6.07) is 6.95. The Labute approximate surface area is 152 Å². The summed E-state index contributed by atoms with van der Waals surface area (Å²) in [5.74, 6) is 1.00. The van der Waals surface area contributed by atoms with E-state index in [0.29, 0.717) is 11.5 Å². The summed E-state index contributed by atoms with van der Waals surface area (Å²) in [4.78, 5) is 14.5. The third kappa shape index (κ3) is 3.31. The minimum Gasteiger partial charge on any atom is -0.454 e. The zero-order valence-corrected chi connectivity index (χ0v) is 15.1. The molecule has 1 aliphatic heterocycles. The van der Waals surface area contributed by atoms with Gasteiger partial charge in [-0.2, -0.15) is 5.10 Å². The van der Waals surface area contributed by atoms with Gasteiger partial charge in [-0.15, -0.1) is 0 Å². The van der Waals surface area contributed by atoms with Crippen molar-refractivity contribution in [3.8, 4) is 11.5 Å². The van der Waals surface area contributed by atoms with Crippen LogP contribution in [0.1, 0.15) is 30.4 Å². The Balaban J connectivity index is 1.53. The van der Waals surface area contributed by atoms with Gasteiger partial charge in [0.2, 0.25) is 0 Å². The van der Waals surface area contributed by atoms with Crippen LogP contribution in [0, 0.1) is 0 Å². The van der Waals surface area contributed by atoms with Crippen molar-refractivity contribution in [1.29, 1.82) is 0 Å². The maximum absolute atomic E-state index is 11.9. The highest BCUT2D eigenvalue weighted by molar-refractivity contribution is 6.31. The number of halogens is 1. The van der Waals surface area contributed by atoms with Crippen LogP contribution in [-0.2, 0) is 19.9 Å². The SMILES string of the molecule is Cn1ncc(Oc2ccc3c(c2)CCN(C2CCC2)CC3)c(Cl)c1=O. The Morgan fingerprint density at radius 2 is 1.96 bits per heavy atom. The van der Waals surface area contributed by atoms with Gasteiger partial charge in [0.1, 0.15) is 5.75 Å². The average molecular weight is 360 g/mol. The molecule has 0 bridgehead atoms. The molecule has 4 rings (SSSR count). The predicted molar refractivity (Wildman–Crippen MR) is 97.6 cm³/mol. The van der Waals surface area contributed by atoms with Crippen molar-refractivity contribution in [1.82, 2.24) is 14.7 Å². The summed E-state index contributed by atoms with van der Waals surface area (Å²) in [5, 5.41) is 4.03. The van der Waals surface area contributed by atoms with E-state index in [2.05, 4.69) is 22.1 Å². The molecule has 0 N–H and O–H groups in total. The molecule has 132 valence electrons. The molecule has 0 unspecified atom stereocenters. The number of hydrogen-bond donors (Lipinski definition) is 0. The van der Waals surface area contributed by atoms with Crippen molar-refractivity contribution >= 4 is 11.6 Å². The summed E-state index contributed by atoms with van der Waals surface area (Å²) in [6.45, 7) is 2.25. The summed E-state index contributed by atoms with van der Waals surface area (Å²) in [6.07, 6.45) is 7.66. The van der Waals surface area contributed by atoms with Gasteiger partial charge in [0.15, 0.2) is 10.8 Å². The maximum atomic E-state index is 11.9. The molecule has 6 heteroatoms. The minimum atomic E-state index is -0.356. The van der Waals surface area contributed by atoms with Crippen molar-refractivity contribution in [2.45, 2.75) is 38.1 Å². The molecule has 2 aromatic rings. The fraction of sp³-hybridized carbons (Fsp3) is 0.474. The summed E-state index contributed by atoms with van der Waals surface area (Å²) < 4.78 is 7.03. The van der Waals surface area contributed by atoms with Crippen LogP contribution in [0.4, 0.5) is 0 Å². The van der Waals surface area contributed by atoms with Gasteiger partial charge in [0, 0.05) is 26.2 Å². The Kier molecular flexibility index (Phi) is 4.52. The molecule has 0 radical (unpaired) electrons. The number of aryl methyl sites for hydroxylation is 1. The van der Waals surface area contributed by atoms with E-state index in [4.69, 9.17) is 16.3 Å². The number of rotatable bonds is 3. The first-order chi connectivity index (χ1) is 12.1. The summed E-state index contributed by atoms with van der Waals surface area (Å²) in [7, 11) is 1.56. The van der Waals surface area contributed by atoms with Gasteiger partial charge in [-0.1, -0.05) is 24.1 Å². The highest BCUT2D eigenvalue weighted by atomic mass is 35.5. The molecule has 0 saturated heterocycles. The van der Waals surface area contributed by atoms with E-state index in [1.165, 1.54) is 41.3 Å². The molecular formula is C19H22ClN3O2. The lowest BCUT2D eigenvalue weighted by atomic mass is 9.91. The van der Waals surface area contributed by atoms with Crippen molar-refractivity contribution in [2.24, 2.45) is 7.05 Å². The number of hydrogen-bond acceptors (Lipinski definition) is 4. The molecule has 5 nitrogen and oxygen atoms in total. The molecule has 25 heavy (non-hydrogen) atoms. The van der Waals surface area contributed by atoms with Crippen molar-refractivity contribution < 1.29 is 4.74 Å². The monoisotopic (exact) mass is 359 g/mol.